The lowest BCUT2D eigenvalue weighted by molar-refractivity contribution is 0.385. The maximum absolute atomic E-state index is 12.9. The first-order chi connectivity index (χ1) is 11.1. The number of ether oxygens (including phenoxy) is 1. The van der Waals surface area contributed by atoms with Crippen LogP contribution in [0.1, 0.15) is 49.7 Å². The van der Waals surface area contributed by atoms with Crippen molar-refractivity contribution in [3.63, 3.8) is 0 Å². The van der Waals surface area contributed by atoms with Crippen molar-refractivity contribution in [2.24, 2.45) is 11.8 Å². The minimum absolute atomic E-state index is 0.111. The summed E-state index contributed by atoms with van der Waals surface area (Å²) in [6.07, 6.45) is 8.92. The van der Waals surface area contributed by atoms with E-state index in [9.17, 15) is 8.42 Å². The molecule has 3 aliphatic rings. The van der Waals surface area contributed by atoms with Crippen molar-refractivity contribution in [3.8, 4) is 5.75 Å². The second-order valence-corrected chi connectivity index (χ2v) is 9.06. The summed E-state index contributed by atoms with van der Waals surface area (Å²) in [5.41, 5.74) is 2.41. The lowest BCUT2D eigenvalue weighted by Crippen LogP contribution is -2.38. The maximum atomic E-state index is 12.9. The van der Waals surface area contributed by atoms with E-state index < -0.39 is 10.0 Å². The van der Waals surface area contributed by atoms with Crippen LogP contribution in [0.15, 0.2) is 17.0 Å². The molecule has 4 nitrogen and oxygen atoms in total. The fourth-order valence-corrected chi connectivity index (χ4v) is 6.28. The summed E-state index contributed by atoms with van der Waals surface area (Å²) in [6, 6.07) is 3.90. The van der Waals surface area contributed by atoms with E-state index >= 15 is 0 Å². The van der Waals surface area contributed by atoms with Crippen LogP contribution < -0.4 is 9.46 Å². The molecule has 1 aromatic carbocycles. The molecule has 0 unspecified atom stereocenters. The molecular weight excluding hydrogens is 310 g/mol. The van der Waals surface area contributed by atoms with Gasteiger partial charge in [-0.2, -0.15) is 0 Å². The maximum Gasteiger partial charge on any atom is 0.244 e. The van der Waals surface area contributed by atoms with Crippen LogP contribution in [0.25, 0.3) is 0 Å². The normalized spacial score (nSPS) is 29.5. The third-order valence-corrected chi connectivity index (χ3v) is 7.47. The smallest absolute Gasteiger partial charge is 0.244 e. The molecule has 0 aromatic heterocycles. The topological polar surface area (TPSA) is 55.4 Å². The highest BCUT2D eigenvalue weighted by Crippen LogP contribution is 2.45. The van der Waals surface area contributed by atoms with Crippen molar-refractivity contribution in [2.45, 2.75) is 62.3 Å². The van der Waals surface area contributed by atoms with Gasteiger partial charge in [0.25, 0.3) is 0 Å². The van der Waals surface area contributed by atoms with E-state index in [1.54, 1.807) is 7.11 Å². The third-order valence-electron chi connectivity index (χ3n) is 5.96. The van der Waals surface area contributed by atoms with Gasteiger partial charge in [-0.3, -0.25) is 0 Å². The fraction of sp³-hybridized carbons (Fsp3) is 0.667. The van der Waals surface area contributed by atoms with E-state index in [0.29, 0.717) is 16.6 Å². The number of nitrogens with one attached hydrogen (secondary N) is 1. The summed E-state index contributed by atoms with van der Waals surface area (Å²) in [7, 11) is -1.96. The van der Waals surface area contributed by atoms with E-state index in [1.165, 1.54) is 36.8 Å². The molecule has 1 N–H and O–H groups in total. The molecule has 0 aliphatic heterocycles. The number of benzene rings is 1. The van der Waals surface area contributed by atoms with E-state index in [0.717, 1.165) is 31.6 Å². The number of sulfonamides is 1. The summed E-state index contributed by atoms with van der Waals surface area (Å²) in [6.45, 7) is 0. The largest absolute Gasteiger partial charge is 0.495 e. The molecule has 126 valence electrons. The van der Waals surface area contributed by atoms with Gasteiger partial charge in [-0.25, -0.2) is 13.1 Å². The van der Waals surface area contributed by atoms with Gasteiger partial charge in [0, 0.05) is 6.04 Å². The standard InChI is InChI=1S/C18H25NO3S/c1-22-17-10-13-4-2-3-5-14(13)11-18(17)23(20,21)19-16-9-12-6-7-15(16)8-12/h10-12,15-16,19H,2-9H2,1H3/t12-,15+,16+/m0/s1. The molecule has 23 heavy (non-hydrogen) atoms. The average Bonchev–Trinajstić information content (AvgIpc) is 3.16. The monoisotopic (exact) mass is 335 g/mol. The molecule has 0 spiro atoms. The van der Waals surface area contributed by atoms with Gasteiger partial charge in [-0.15, -0.1) is 0 Å². The molecule has 5 heteroatoms. The van der Waals surface area contributed by atoms with Crippen LogP contribution in [0.2, 0.25) is 0 Å². The number of hydrogen-bond acceptors (Lipinski definition) is 3. The van der Waals surface area contributed by atoms with Crippen LogP contribution in [0.5, 0.6) is 5.75 Å². The van der Waals surface area contributed by atoms with Crippen LogP contribution in [-0.4, -0.2) is 21.6 Å². The van der Waals surface area contributed by atoms with E-state index in [-0.39, 0.29) is 6.04 Å². The molecule has 0 amide bonds. The molecule has 0 radical (unpaired) electrons. The van der Waals surface area contributed by atoms with Crippen molar-refractivity contribution in [1.29, 1.82) is 0 Å². The first-order valence-electron chi connectivity index (χ1n) is 8.79. The Labute approximate surface area is 138 Å². The Bertz CT molecular complexity index is 713. The summed E-state index contributed by atoms with van der Waals surface area (Å²) in [4.78, 5) is 0.323. The highest BCUT2D eigenvalue weighted by molar-refractivity contribution is 7.89. The Morgan fingerprint density at radius 1 is 1.09 bits per heavy atom. The molecule has 2 saturated carbocycles. The van der Waals surface area contributed by atoms with Crippen molar-refractivity contribution in [2.75, 3.05) is 7.11 Å². The van der Waals surface area contributed by atoms with Crippen LogP contribution >= 0.6 is 0 Å². The first-order valence-corrected chi connectivity index (χ1v) is 10.3. The second kappa shape index (κ2) is 5.78. The highest BCUT2D eigenvalue weighted by Gasteiger charge is 2.41. The molecular formula is C18H25NO3S. The van der Waals surface area contributed by atoms with Gasteiger partial charge in [0.15, 0.2) is 0 Å². The first kappa shape index (κ1) is 15.5. The zero-order valence-electron chi connectivity index (χ0n) is 13.7. The van der Waals surface area contributed by atoms with Gasteiger partial charge in [0.1, 0.15) is 10.6 Å². The Morgan fingerprint density at radius 3 is 2.43 bits per heavy atom. The fourth-order valence-electron chi connectivity index (χ4n) is 4.76. The minimum Gasteiger partial charge on any atom is -0.495 e. The van der Waals surface area contributed by atoms with Gasteiger partial charge in [-0.05, 0) is 80.0 Å². The van der Waals surface area contributed by atoms with E-state index in [4.69, 9.17) is 4.74 Å². The van der Waals surface area contributed by atoms with Crippen LogP contribution in [0, 0.1) is 11.8 Å². The Hall–Kier alpha value is -1.07. The number of hydrogen-bond donors (Lipinski definition) is 1. The third kappa shape index (κ3) is 2.78. The molecule has 0 saturated heterocycles. The van der Waals surface area contributed by atoms with Gasteiger partial charge in [-0.1, -0.05) is 6.42 Å². The molecule has 4 rings (SSSR count). The second-order valence-electron chi connectivity index (χ2n) is 7.38. The molecule has 2 bridgehead atoms. The summed E-state index contributed by atoms with van der Waals surface area (Å²) in [5.74, 6) is 1.73. The lowest BCUT2D eigenvalue weighted by Gasteiger charge is -2.24. The van der Waals surface area contributed by atoms with E-state index in [2.05, 4.69) is 4.72 Å². The Balaban J connectivity index is 1.65. The highest BCUT2D eigenvalue weighted by atomic mass is 32.2. The lowest BCUT2D eigenvalue weighted by atomic mass is 9.92. The molecule has 1 aromatic rings. The van der Waals surface area contributed by atoms with Crippen molar-refractivity contribution >= 4 is 10.0 Å². The molecule has 0 heterocycles. The van der Waals surface area contributed by atoms with Crippen LogP contribution in [0.3, 0.4) is 0 Å². The van der Waals surface area contributed by atoms with Crippen LogP contribution in [0.4, 0.5) is 0 Å². The summed E-state index contributed by atoms with van der Waals surface area (Å²) >= 11 is 0. The minimum atomic E-state index is -3.52. The molecule has 2 fully saturated rings. The van der Waals surface area contributed by atoms with Crippen molar-refractivity contribution in [1.82, 2.24) is 4.72 Å². The quantitative estimate of drug-likeness (QED) is 0.920. The number of methoxy groups -OCH3 is 1. The zero-order chi connectivity index (χ0) is 16.0. The van der Waals surface area contributed by atoms with Crippen molar-refractivity contribution < 1.29 is 13.2 Å². The predicted molar refractivity (Wildman–Crippen MR) is 89.2 cm³/mol. The molecule has 3 aliphatic carbocycles. The summed E-state index contributed by atoms with van der Waals surface area (Å²) in [5, 5.41) is 0. The Kier molecular flexibility index (Phi) is 3.88. The predicted octanol–water partition coefficient (Wildman–Crippen LogP) is 3.04. The number of rotatable bonds is 4. The SMILES string of the molecule is COc1cc2c(cc1S(=O)(=O)N[C@@H]1C[C@H]3CC[C@@H]1C3)CCCC2. The van der Waals surface area contributed by atoms with E-state index in [1.807, 2.05) is 12.1 Å². The zero-order valence-corrected chi connectivity index (χ0v) is 14.5. The van der Waals surface area contributed by atoms with Crippen LogP contribution in [-0.2, 0) is 22.9 Å². The van der Waals surface area contributed by atoms with Gasteiger partial charge in [0.05, 0.1) is 7.11 Å². The average molecular weight is 335 g/mol. The summed E-state index contributed by atoms with van der Waals surface area (Å²) < 4.78 is 34.3. The van der Waals surface area contributed by atoms with Gasteiger partial charge in [0.2, 0.25) is 10.0 Å². The van der Waals surface area contributed by atoms with Crippen molar-refractivity contribution in [3.05, 3.63) is 23.3 Å². The number of aryl methyl sites for hydroxylation is 2. The number of fused-ring (bicyclic) bond motifs is 3. The van der Waals surface area contributed by atoms with Gasteiger partial charge >= 0.3 is 0 Å². The molecule has 3 atom stereocenters. The van der Waals surface area contributed by atoms with Gasteiger partial charge < -0.3 is 4.74 Å². The Morgan fingerprint density at radius 2 is 1.83 bits per heavy atom.